The molecule has 0 bridgehead atoms. The molecular weight excluding hydrogens is 306 g/mol. The van der Waals surface area contributed by atoms with Crippen molar-refractivity contribution in [2.24, 2.45) is 5.92 Å². The number of nitrogens with zero attached hydrogens (tertiary/aromatic N) is 7. The lowest BCUT2D eigenvalue weighted by Gasteiger charge is -2.32. The van der Waals surface area contributed by atoms with Gasteiger partial charge in [0, 0.05) is 26.2 Å². The van der Waals surface area contributed by atoms with Gasteiger partial charge in [0.25, 0.3) is 0 Å². The predicted molar refractivity (Wildman–Crippen MR) is 89.4 cm³/mol. The van der Waals surface area contributed by atoms with Crippen LogP contribution in [0.5, 0.6) is 0 Å². The van der Waals surface area contributed by atoms with Crippen molar-refractivity contribution < 1.29 is 4.79 Å². The molecule has 8 heteroatoms. The summed E-state index contributed by atoms with van der Waals surface area (Å²) < 4.78 is 1.69. The molecule has 2 aromatic heterocycles. The Bertz CT molecular complexity index is 726. The summed E-state index contributed by atoms with van der Waals surface area (Å²) in [5.74, 6) is 1.67. The van der Waals surface area contributed by atoms with Crippen molar-refractivity contribution in [2.45, 2.75) is 33.4 Å². The number of amides is 1. The zero-order chi connectivity index (χ0) is 17.3. The highest BCUT2D eigenvalue weighted by Gasteiger charge is 2.28. The van der Waals surface area contributed by atoms with Gasteiger partial charge in [-0.15, -0.1) is 0 Å². The number of carbonyl (C=O) groups excluding carboxylic acids is 1. The Morgan fingerprint density at radius 3 is 2.83 bits per heavy atom. The standard InChI is InChI=1S/C16H23N7O/c1-11(7-23-10-17-9-18-23)16(24)22-6-5-13-14(8-22)19-12(2)20-15(13)21(3)4/h9-11H,5-8H2,1-4H3/t11-/m0/s1. The maximum atomic E-state index is 12.7. The van der Waals surface area contributed by atoms with Crippen molar-refractivity contribution in [3.63, 3.8) is 0 Å². The third kappa shape index (κ3) is 3.22. The monoisotopic (exact) mass is 329 g/mol. The Balaban J connectivity index is 1.76. The molecule has 1 aliphatic heterocycles. The third-order valence-electron chi connectivity index (χ3n) is 4.24. The first kappa shape index (κ1) is 16.4. The molecule has 0 aliphatic carbocycles. The van der Waals surface area contributed by atoms with E-state index in [0.717, 1.165) is 29.3 Å². The number of hydrogen-bond donors (Lipinski definition) is 0. The molecule has 24 heavy (non-hydrogen) atoms. The van der Waals surface area contributed by atoms with E-state index in [1.165, 1.54) is 6.33 Å². The van der Waals surface area contributed by atoms with Crippen LogP contribution in [-0.4, -0.2) is 56.2 Å². The molecule has 0 saturated heterocycles. The quantitative estimate of drug-likeness (QED) is 0.820. The van der Waals surface area contributed by atoms with Gasteiger partial charge in [-0.05, 0) is 13.3 Å². The number of aromatic nitrogens is 5. The van der Waals surface area contributed by atoms with Crippen LogP contribution in [0, 0.1) is 12.8 Å². The first-order valence-electron chi connectivity index (χ1n) is 8.10. The van der Waals surface area contributed by atoms with Crippen LogP contribution in [-0.2, 0) is 24.3 Å². The van der Waals surface area contributed by atoms with E-state index in [1.807, 2.05) is 37.7 Å². The molecule has 128 valence electrons. The highest BCUT2D eigenvalue weighted by molar-refractivity contribution is 5.78. The highest BCUT2D eigenvalue weighted by Crippen LogP contribution is 2.26. The summed E-state index contributed by atoms with van der Waals surface area (Å²) in [4.78, 5) is 29.7. The van der Waals surface area contributed by atoms with Crippen molar-refractivity contribution in [3.8, 4) is 0 Å². The van der Waals surface area contributed by atoms with Crippen molar-refractivity contribution in [1.29, 1.82) is 0 Å². The van der Waals surface area contributed by atoms with Gasteiger partial charge in [0.1, 0.15) is 24.3 Å². The average Bonchev–Trinajstić information content (AvgIpc) is 3.05. The molecule has 1 amide bonds. The predicted octanol–water partition coefficient (Wildman–Crippen LogP) is 0.664. The molecule has 0 spiro atoms. The number of hydrogen-bond acceptors (Lipinski definition) is 6. The first-order valence-corrected chi connectivity index (χ1v) is 8.10. The molecule has 0 N–H and O–H groups in total. The fraction of sp³-hybridized carbons (Fsp3) is 0.562. The van der Waals surface area contributed by atoms with Gasteiger partial charge in [-0.1, -0.05) is 6.92 Å². The topological polar surface area (TPSA) is 80.0 Å². The molecular formula is C16H23N7O. The zero-order valence-corrected chi connectivity index (χ0v) is 14.6. The molecule has 1 atom stereocenters. The van der Waals surface area contributed by atoms with Gasteiger partial charge in [0.05, 0.1) is 24.7 Å². The summed E-state index contributed by atoms with van der Waals surface area (Å²) in [7, 11) is 3.97. The van der Waals surface area contributed by atoms with E-state index in [2.05, 4.69) is 20.1 Å². The van der Waals surface area contributed by atoms with Gasteiger partial charge < -0.3 is 9.80 Å². The summed E-state index contributed by atoms with van der Waals surface area (Å²) >= 11 is 0. The SMILES string of the molecule is Cc1nc2c(c(N(C)C)n1)CCN(C(=O)[C@@H](C)Cn1cncn1)C2. The molecule has 3 rings (SSSR count). The van der Waals surface area contributed by atoms with E-state index in [4.69, 9.17) is 0 Å². The Labute approximate surface area is 141 Å². The van der Waals surface area contributed by atoms with E-state index >= 15 is 0 Å². The number of fused-ring (bicyclic) bond motifs is 1. The Hall–Kier alpha value is -2.51. The van der Waals surface area contributed by atoms with Crippen LogP contribution >= 0.6 is 0 Å². The van der Waals surface area contributed by atoms with Crippen LogP contribution in [0.4, 0.5) is 5.82 Å². The summed E-state index contributed by atoms with van der Waals surface area (Å²) in [5, 5.41) is 4.07. The number of anilines is 1. The lowest BCUT2D eigenvalue weighted by atomic mass is 10.0. The van der Waals surface area contributed by atoms with E-state index in [9.17, 15) is 4.79 Å². The van der Waals surface area contributed by atoms with Gasteiger partial charge >= 0.3 is 0 Å². The fourth-order valence-corrected chi connectivity index (χ4v) is 3.09. The number of rotatable bonds is 4. The smallest absolute Gasteiger partial charge is 0.227 e. The molecule has 0 fully saturated rings. The van der Waals surface area contributed by atoms with E-state index in [-0.39, 0.29) is 11.8 Å². The van der Waals surface area contributed by atoms with Crippen molar-refractivity contribution in [3.05, 3.63) is 29.7 Å². The maximum absolute atomic E-state index is 12.7. The van der Waals surface area contributed by atoms with Crippen LogP contribution in [0.1, 0.15) is 24.0 Å². The second-order valence-electron chi connectivity index (χ2n) is 6.44. The Morgan fingerprint density at radius 1 is 1.38 bits per heavy atom. The van der Waals surface area contributed by atoms with E-state index in [1.54, 1.807) is 11.0 Å². The third-order valence-corrected chi connectivity index (χ3v) is 4.24. The fourth-order valence-electron chi connectivity index (χ4n) is 3.09. The van der Waals surface area contributed by atoms with Crippen LogP contribution in [0.3, 0.4) is 0 Å². The van der Waals surface area contributed by atoms with Gasteiger partial charge in [0.2, 0.25) is 5.91 Å². The zero-order valence-electron chi connectivity index (χ0n) is 14.6. The second-order valence-corrected chi connectivity index (χ2v) is 6.44. The largest absolute Gasteiger partial charge is 0.362 e. The summed E-state index contributed by atoms with van der Waals surface area (Å²) in [6.07, 6.45) is 3.90. The minimum atomic E-state index is -0.149. The second kappa shape index (κ2) is 6.54. The minimum absolute atomic E-state index is 0.124. The summed E-state index contributed by atoms with van der Waals surface area (Å²) in [5.41, 5.74) is 2.11. The molecule has 1 aliphatic rings. The Kier molecular flexibility index (Phi) is 4.46. The normalized spacial score (nSPS) is 15.1. The van der Waals surface area contributed by atoms with Gasteiger partial charge in [-0.25, -0.2) is 15.0 Å². The summed E-state index contributed by atoms with van der Waals surface area (Å²) in [6, 6.07) is 0. The van der Waals surface area contributed by atoms with Crippen LogP contribution in [0.25, 0.3) is 0 Å². The minimum Gasteiger partial charge on any atom is -0.362 e. The Morgan fingerprint density at radius 2 is 2.17 bits per heavy atom. The van der Waals surface area contributed by atoms with Gasteiger partial charge in [-0.2, -0.15) is 5.10 Å². The van der Waals surface area contributed by atoms with Gasteiger partial charge in [0.15, 0.2) is 0 Å². The molecule has 2 aromatic rings. The number of aryl methyl sites for hydroxylation is 1. The lowest BCUT2D eigenvalue weighted by molar-refractivity contribution is -0.136. The van der Waals surface area contributed by atoms with E-state index < -0.39 is 0 Å². The molecule has 0 saturated carbocycles. The molecule has 0 radical (unpaired) electrons. The molecule has 3 heterocycles. The van der Waals surface area contributed by atoms with Crippen molar-refractivity contribution in [2.75, 3.05) is 25.5 Å². The van der Waals surface area contributed by atoms with Gasteiger partial charge in [-0.3, -0.25) is 9.48 Å². The molecule has 0 unspecified atom stereocenters. The van der Waals surface area contributed by atoms with Crippen LogP contribution in [0.15, 0.2) is 12.7 Å². The molecule has 0 aromatic carbocycles. The molecule has 8 nitrogen and oxygen atoms in total. The number of carbonyl (C=O) groups is 1. The van der Waals surface area contributed by atoms with Crippen LogP contribution in [0.2, 0.25) is 0 Å². The van der Waals surface area contributed by atoms with Crippen molar-refractivity contribution >= 4 is 11.7 Å². The first-order chi connectivity index (χ1) is 11.5. The maximum Gasteiger partial charge on any atom is 0.227 e. The lowest BCUT2D eigenvalue weighted by Crippen LogP contribution is -2.41. The van der Waals surface area contributed by atoms with Crippen LogP contribution < -0.4 is 4.90 Å². The summed E-state index contributed by atoms with van der Waals surface area (Å²) in [6.45, 7) is 5.59. The average molecular weight is 329 g/mol. The highest BCUT2D eigenvalue weighted by atomic mass is 16.2. The van der Waals surface area contributed by atoms with Crippen molar-refractivity contribution in [1.82, 2.24) is 29.6 Å². The van der Waals surface area contributed by atoms with E-state index in [0.29, 0.717) is 19.6 Å².